The van der Waals surface area contributed by atoms with Crippen LogP contribution >= 0.6 is 34.8 Å². The SMILES string of the molecule is O=C(O)C1Nc2cc(Cl)cc(Cl)c2S(=O)(=O)N1CCCCl. The van der Waals surface area contributed by atoms with Crippen LogP contribution in [0, 0.1) is 0 Å². The van der Waals surface area contributed by atoms with Crippen molar-refractivity contribution in [3.05, 3.63) is 22.2 Å². The molecule has 0 amide bonds. The van der Waals surface area contributed by atoms with Crippen LogP contribution in [-0.2, 0) is 14.8 Å². The van der Waals surface area contributed by atoms with Crippen molar-refractivity contribution >= 4 is 56.5 Å². The molecule has 1 heterocycles. The van der Waals surface area contributed by atoms with Gasteiger partial charge in [-0.2, -0.15) is 4.31 Å². The standard InChI is InChI=1S/C11H11Cl3N2O4S/c12-2-1-3-16-10(11(17)18)15-8-5-6(13)4-7(14)9(8)21(16,19)20/h4-5,10,15H,1-3H2,(H,17,18). The first-order valence-electron chi connectivity index (χ1n) is 5.85. The maximum absolute atomic E-state index is 12.6. The van der Waals surface area contributed by atoms with E-state index >= 15 is 0 Å². The minimum atomic E-state index is -4.06. The smallest absolute Gasteiger partial charge is 0.342 e. The number of anilines is 1. The average molecular weight is 374 g/mol. The summed E-state index contributed by atoms with van der Waals surface area (Å²) < 4.78 is 26.1. The van der Waals surface area contributed by atoms with Gasteiger partial charge < -0.3 is 10.4 Å². The lowest BCUT2D eigenvalue weighted by atomic mass is 10.3. The lowest BCUT2D eigenvalue weighted by Crippen LogP contribution is -2.53. The van der Waals surface area contributed by atoms with Gasteiger partial charge in [-0.05, 0) is 18.6 Å². The fourth-order valence-corrected chi connectivity index (χ4v) is 4.69. The molecule has 1 aliphatic rings. The van der Waals surface area contributed by atoms with Crippen LogP contribution in [0.5, 0.6) is 0 Å². The van der Waals surface area contributed by atoms with Crippen LogP contribution in [0.2, 0.25) is 10.0 Å². The van der Waals surface area contributed by atoms with Crippen LogP contribution in [0.4, 0.5) is 5.69 Å². The second kappa shape index (κ2) is 6.18. The fraction of sp³-hybridized carbons (Fsp3) is 0.364. The molecule has 10 heteroatoms. The van der Waals surface area contributed by atoms with Gasteiger partial charge in [-0.1, -0.05) is 23.2 Å². The Morgan fingerprint density at radius 1 is 1.38 bits per heavy atom. The topological polar surface area (TPSA) is 86.7 Å². The number of sulfonamides is 1. The second-order valence-electron chi connectivity index (χ2n) is 4.31. The van der Waals surface area contributed by atoms with Gasteiger partial charge in [0.05, 0.1) is 10.7 Å². The zero-order chi connectivity index (χ0) is 15.8. The molecule has 0 aliphatic carbocycles. The van der Waals surface area contributed by atoms with Crippen LogP contribution in [0.15, 0.2) is 17.0 Å². The second-order valence-corrected chi connectivity index (χ2v) is 7.36. The van der Waals surface area contributed by atoms with Gasteiger partial charge in [-0.3, -0.25) is 0 Å². The molecule has 0 bridgehead atoms. The Kier molecular flexibility index (Phi) is 4.89. The first kappa shape index (κ1) is 16.6. The third-order valence-electron chi connectivity index (χ3n) is 2.90. The molecule has 116 valence electrons. The van der Waals surface area contributed by atoms with E-state index in [1.165, 1.54) is 12.1 Å². The number of carboxylic acids is 1. The summed E-state index contributed by atoms with van der Waals surface area (Å²) in [5.74, 6) is -1.12. The van der Waals surface area contributed by atoms with Crippen molar-refractivity contribution in [1.29, 1.82) is 0 Å². The van der Waals surface area contributed by atoms with E-state index in [0.29, 0.717) is 6.42 Å². The summed E-state index contributed by atoms with van der Waals surface area (Å²) in [5, 5.41) is 12.0. The van der Waals surface area contributed by atoms with Gasteiger partial charge in [0.25, 0.3) is 0 Å². The van der Waals surface area contributed by atoms with E-state index in [4.69, 9.17) is 34.8 Å². The van der Waals surface area contributed by atoms with Gasteiger partial charge in [0.15, 0.2) is 6.17 Å². The minimum absolute atomic E-state index is 0.0335. The molecule has 1 aromatic rings. The van der Waals surface area contributed by atoms with Crippen LogP contribution in [0.25, 0.3) is 0 Å². The van der Waals surface area contributed by atoms with Crippen molar-refractivity contribution in [2.75, 3.05) is 17.7 Å². The van der Waals surface area contributed by atoms with Gasteiger partial charge in [0.2, 0.25) is 10.0 Å². The molecule has 0 fully saturated rings. The maximum Gasteiger partial charge on any atom is 0.342 e. The molecule has 0 saturated carbocycles. The molecule has 1 atom stereocenters. The fourth-order valence-electron chi connectivity index (χ4n) is 2.05. The quantitative estimate of drug-likeness (QED) is 0.792. The third kappa shape index (κ3) is 3.07. The lowest BCUT2D eigenvalue weighted by Gasteiger charge is -2.35. The van der Waals surface area contributed by atoms with E-state index < -0.39 is 22.2 Å². The van der Waals surface area contributed by atoms with E-state index in [0.717, 1.165) is 4.31 Å². The number of benzene rings is 1. The Hall–Kier alpha value is -0.730. The van der Waals surface area contributed by atoms with Gasteiger partial charge in [-0.15, -0.1) is 11.6 Å². The predicted molar refractivity (Wildman–Crippen MR) is 80.7 cm³/mol. The molecule has 1 aromatic carbocycles. The number of carbonyl (C=O) groups is 1. The van der Waals surface area contributed by atoms with Crippen molar-refractivity contribution in [2.45, 2.75) is 17.5 Å². The Balaban J connectivity index is 2.60. The first-order chi connectivity index (χ1) is 9.78. The Morgan fingerprint density at radius 2 is 2.05 bits per heavy atom. The van der Waals surface area contributed by atoms with Gasteiger partial charge in [0.1, 0.15) is 4.90 Å². The third-order valence-corrected chi connectivity index (χ3v) is 5.76. The van der Waals surface area contributed by atoms with Gasteiger partial charge in [0, 0.05) is 17.4 Å². The number of carboxylic acid groups (broad SMARTS) is 1. The van der Waals surface area contributed by atoms with E-state index in [1.54, 1.807) is 0 Å². The van der Waals surface area contributed by atoms with Crippen LogP contribution in [0.3, 0.4) is 0 Å². The number of rotatable bonds is 4. The van der Waals surface area contributed by atoms with Crippen molar-refractivity contribution in [2.24, 2.45) is 0 Å². The lowest BCUT2D eigenvalue weighted by molar-refractivity contribution is -0.140. The van der Waals surface area contributed by atoms with E-state index in [-0.39, 0.29) is 33.1 Å². The summed E-state index contributed by atoms with van der Waals surface area (Å²) >= 11 is 17.3. The summed E-state index contributed by atoms with van der Waals surface area (Å²) in [6.45, 7) is -0.0335. The zero-order valence-electron chi connectivity index (χ0n) is 10.5. The first-order valence-corrected chi connectivity index (χ1v) is 8.58. The number of aliphatic carboxylic acids is 1. The van der Waals surface area contributed by atoms with Crippen molar-refractivity contribution < 1.29 is 18.3 Å². The normalized spacial score (nSPS) is 20.6. The highest BCUT2D eigenvalue weighted by Gasteiger charge is 2.42. The summed E-state index contributed by atoms with van der Waals surface area (Å²) in [5.41, 5.74) is 0.0713. The molecule has 1 aliphatic heterocycles. The molecule has 21 heavy (non-hydrogen) atoms. The van der Waals surface area contributed by atoms with E-state index in [1.807, 2.05) is 0 Å². The number of nitrogens with zero attached hydrogens (tertiary/aromatic N) is 1. The molecule has 0 aromatic heterocycles. The monoisotopic (exact) mass is 372 g/mol. The van der Waals surface area contributed by atoms with Gasteiger partial charge >= 0.3 is 5.97 Å². The average Bonchev–Trinajstić information content (AvgIpc) is 2.35. The molecular formula is C11H11Cl3N2O4S. The number of halogens is 3. The van der Waals surface area contributed by atoms with Crippen LogP contribution < -0.4 is 5.32 Å². The highest BCUT2D eigenvalue weighted by atomic mass is 35.5. The van der Waals surface area contributed by atoms with E-state index in [2.05, 4.69) is 5.32 Å². The molecule has 0 radical (unpaired) electrons. The van der Waals surface area contributed by atoms with Gasteiger partial charge in [-0.25, -0.2) is 13.2 Å². The largest absolute Gasteiger partial charge is 0.479 e. The van der Waals surface area contributed by atoms with Crippen molar-refractivity contribution in [3.63, 3.8) is 0 Å². The van der Waals surface area contributed by atoms with Crippen LogP contribution in [-0.4, -0.2) is 42.4 Å². The van der Waals surface area contributed by atoms with Crippen molar-refractivity contribution in [1.82, 2.24) is 4.31 Å². The Morgan fingerprint density at radius 3 is 2.62 bits per heavy atom. The summed E-state index contributed by atoms with van der Waals surface area (Å²) in [6.07, 6.45) is -1.12. The Bertz CT molecular complexity index is 680. The maximum atomic E-state index is 12.6. The number of hydrogen-bond donors (Lipinski definition) is 2. The highest BCUT2D eigenvalue weighted by Crippen LogP contribution is 2.39. The van der Waals surface area contributed by atoms with Crippen LogP contribution in [0.1, 0.15) is 6.42 Å². The molecule has 6 nitrogen and oxygen atoms in total. The predicted octanol–water partition coefficient (Wildman–Crippen LogP) is 2.45. The van der Waals surface area contributed by atoms with E-state index in [9.17, 15) is 18.3 Å². The Labute approximate surface area is 136 Å². The zero-order valence-corrected chi connectivity index (χ0v) is 13.6. The number of hydrogen-bond acceptors (Lipinski definition) is 4. The summed E-state index contributed by atoms with van der Waals surface area (Å²) in [4.78, 5) is 11.1. The molecule has 0 spiro atoms. The minimum Gasteiger partial charge on any atom is -0.479 e. The summed E-state index contributed by atoms with van der Waals surface area (Å²) in [6, 6.07) is 2.62. The summed E-state index contributed by atoms with van der Waals surface area (Å²) in [7, 11) is -4.06. The molecular weight excluding hydrogens is 363 g/mol. The molecule has 0 saturated heterocycles. The molecule has 2 N–H and O–H groups in total. The van der Waals surface area contributed by atoms with Crippen molar-refractivity contribution in [3.8, 4) is 0 Å². The molecule has 1 unspecified atom stereocenters. The number of fused-ring (bicyclic) bond motifs is 1. The number of alkyl halides is 1. The highest BCUT2D eigenvalue weighted by molar-refractivity contribution is 7.89. The molecule has 2 rings (SSSR count). The number of nitrogens with one attached hydrogen (secondary N) is 1.